The molecular weight excluding hydrogens is 268 g/mol. The van der Waals surface area contributed by atoms with Crippen LogP contribution in [0, 0.1) is 5.41 Å². The Labute approximate surface area is 124 Å². The van der Waals surface area contributed by atoms with Gasteiger partial charge in [0.25, 0.3) is 0 Å². The van der Waals surface area contributed by atoms with Crippen LogP contribution in [0.4, 0.5) is 0 Å². The second-order valence-electron chi connectivity index (χ2n) is 5.87. The molecule has 0 aliphatic heterocycles. The number of hydrogen-bond acceptors (Lipinski definition) is 4. The third-order valence-electron chi connectivity index (χ3n) is 4.26. The number of benzene rings is 1. The first-order valence-electron chi connectivity index (χ1n) is 7.30. The van der Waals surface area contributed by atoms with Crippen molar-refractivity contribution in [1.82, 2.24) is 10.3 Å². The van der Waals surface area contributed by atoms with Crippen LogP contribution < -0.4 is 5.32 Å². The molecule has 2 aromatic rings. The summed E-state index contributed by atoms with van der Waals surface area (Å²) in [5.41, 5.74) is 1.60. The monoisotopic (exact) mass is 290 g/mol. The van der Waals surface area contributed by atoms with Crippen molar-refractivity contribution in [1.29, 1.82) is 0 Å². The van der Waals surface area contributed by atoms with Crippen molar-refractivity contribution in [3.05, 3.63) is 29.3 Å². The highest BCUT2D eigenvalue weighted by molar-refractivity contribution is 7.18. The van der Waals surface area contributed by atoms with Gasteiger partial charge in [-0.25, -0.2) is 4.98 Å². The standard InChI is InChI=1S/C16H22N2OS/c1-12(17-11-16(7-8-16)9-10-19-2)15-18-13-5-3-4-6-14(13)20-15/h3-6,12,17H,7-11H2,1-2H3. The van der Waals surface area contributed by atoms with Crippen molar-refractivity contribution < 1.29 is 4.74 Å². The van der Waals surface area contributed by atoms with E-state index in [1.807, 2.05) is 6.07 Å². The van der Waals surface area contributed by atoms with E-state index in [1.165, 1.54) is 29.0 Å². The third kappa shape index (κ3) is 3.03. The molecule has 1 unspecified atom stereocenters. The average molecular weight is 290 g/mol. The Kier molecular flexibility index (Phi) is 4.06. The predicted molar refractivity (Wildman–Crippen MR) is 84.2 cm³/mol. The van der Waals surface area contributed by atoms with E-state index in [0.29, 0.717) is 11.5 Å². The lowest BCUT2D eigenvalue weighted by Crippen LogP contribution is -2.27. The molecule has 1 aliphatic carbocycles. The fraction of sp³-hybridized carbons (Fsp3) is 0.562. The van der Waals surface area contributed by atoms with Crippen molar-refractivity contribution in [3.8, 4) is 0 Å². The van der Waals surface area contributed by atoms with Crippen LogP contribution in [0.3, 0.4) is 0 Å². The van der Waals surface area contributed by atoms with Crippen LogP contribution >= 0.6 is 11.3 Å². The summed E-state index contributed by atoms with van der Waals surface area (Å²) in [5.74, 6) is 0. The van der Waals surface area contributed by atoms with E-state index in [1.54, 1.807) is 18.4 Å². The molecule has 0 radical (unpaired) electrons. The number of aromatic nitrogens is 1. The Bertz CT molecular complexity index is 544. The van der Waals surface area contributed by atoms with Crippen LogP contribution in [0.25, 0.3) is 10.2 Å². The number of thiazole rings is 1. The van der Waals surface area contributed by atoms with Gasteiger partial charge in [-0.1, -0.05) is 12.1 Å². The second-order valence-corrected chi connectivity index (χ2v) is 6.93. The lowest BCUT2D eigenvalue weighted by Gasteiger charge is -2.18. The summed E-state index contributed by atoms with van der Waals surface area (Å²) in [7, 11) is 1.78. The number of methoxy groups -OCH3 is 1. The van der Waals surface area contributed by atoms with Crippen molar-refractivity contribution in [2.75, 3.05) is 20.3 Å². The zero-order chi connectivity index (χ0) is 14.0. The van der Waals surface area contributed by atoms with Gasteiger partial charge in [0, 0.05) is 20.3 Å². The summed E-state index contributed by atoms with van der Waals surface area (Å²) in [6, 6.07) is 8.68. The minimum atomic E-state index is 0.326. The molecule has 0 bridgehead atoms. The molecule has 1 atom stereocenters. The Balaban J connectivity index is 1.60. The number of nitrogens with one attached hydrogen (secondary N) is 1. The normalized spacial score (nSPS) is 18.3. The number of rotatable bonds is 7. The van der Waals surface area contributed by atoms with Crippen LogP contribution in [0.15, 0.2) is 24.3 Å². The van der Waals surface area contributed by atoms with Crippen molar-refractivity contribution in [2.24, 2.45) is 5.41 Å². The summed E-state index contributed by atoms with van der Waals surface area (Å²) < 4.78 is 6.49. The number of para-hydroxylation sites is 1. The number of hydrogen-bond donors (Lipinski definition) is 1. The van der Waals surface area contributed by atoms with Crippen molar-refractivity contribution in [3.63, 3.8) is 0 Å². The number of fused-ring (bicyclic) bond motifs is 1. The van der Waals surface area contributed by atoms with Gasteiger partial charge in [0.2, 0.25) is 0 Å². The molecule has 3 rings (SSSR count). The molecule has 20 heavy (non-hydrogen) atoms. The van der Waals surface area contributed by atoms with E-state index in [2.05, 4.69) is 30.4 Å². The van der Waals surface area contributed by atoms with Crippen LogP contribution in [0.5, 0.6) is 0 Å². The third-order valence-corrected chi connectivity index (χ3v) is 5.48. The van der Waals surface area contributed by atoms with E-state index < -0.39 is 0 Å². The molecule has 0 spiro atoms. The lowest BCUT2D eigenvalue weighted by molar-refractivity contribution is 0.170. The van der Waals surface area contributed by atoms with Gasteiger partial charge >= 0.3 is 0 Å². The molecule has 0 amide bonds. The zero-order valence-corrected chi connectivity index (χ0v) is 13.0. The molecule has 1 aromatic carbocycles. The summed E-state index contributed by atoms with van der Waals surface area (Å²) in [6.45, 7) is 4.16. The highest BCUT2D eigenvalue weighted by Gasteiger charge is 2.41. The molecule has 3 nitrogen and oxygen atoms in total. The molecular formula is C16H22N2OS. The maximum absolute atomic E-state index is 5.21. The predicted octanol–water partition coefficient (Wildman–Crippen LogP) is 3.76. The molecule has 1 fully saturated rings. The van der Waals surface area contributed by atoms with Gasteiger partial charge in [0.1, 0.15) is 5.01 Å². The minimum absolute atomic E-state index is 0.326. The molecule has 1 saturated carbocycles. The second kappa shape index (κ2) is 5.80. The Morgan fingerprint density at radius 2 is 2.20 bits per heavy atom. The van der Waals surface area contributed by atoms with Crippen LogP contribution in [0.2, 0.25) is 0 Å². The Morgan fingerprint density at radius 3 is 2.90 bits per heavy atom. The Morgan fingerprint density at radius 1 is 1.40 bits per heavy atom. The smallest absolute Gasteiger partial charge is 0.111 e. The van der Waals surface area contributed by atoms with Crippen LogP contribution in [-0.4, -0.2) is 25.2 Å². The van der Waals surface area contributed by atoms with E-state index in [4.69, 9.17) is 9.72 Å². The zero-order valence-electron chi connectivity index (χ0n) is 12.2. The summed E-state index contributed by atoms with van der Waals surface area (Å²) in [5, 5.41) is 4.85. The summed E-state index contributed by atoms with van der Waals surface area (Å²) in [6.07, 6.45) is 3.83. The maximum Gasteiger partial charge on any atom is 0.111 e. The largest absolute Gasteiger partial charge is 0.385 e. The van der Waals surface area contributed by atoms with Crippen molar-refractivity contribution in [2.45, 2.75) is 32.2 Å². The highest BCUT2D eigenvalue weighted by Crippen LogP contribution is 2.48. The van der Waals surface area contributed by atoms with E-state index in [-0.39, 0.29) is 0 Å². The molecule has 1 aromatic heterocycles. The van der Waals surface area contributed by atoms with Crippen LogP contribution in [-0.2, 0) is 4.74 Å². The molecule has 4 heteroatoms. The van der Waals surface area contributed by atoms with Crippen LogP contribution in [0.1, 0.15) is 37.2 Å². The first-order valence-corrected chi connectivity index (χ1v) is 8.12. The molecule has 0 saturated heterocycles. The molecule has 1 aliphatic rings. The highest BCUT2D eigenvalue weighted by atomic mass is 32.1. The van der Waals surface area contributed by atoms with Crippen molar-refractivity contribution >= 4 is 21.6 Å². The van der Waals surface area contributed by atoms with Gasteiger partial charge in [-0.05, 0) is 43.7 Å². The van der Waals surface area contributed by atoms with E-state index in [0.717, 1.165) is 18.7 Å². The topological polar surface area (TPSA) is 34.1 Å². The first kappa shape index (κ1) is 14.0. The lowest BCUT2D eigenvalue weighted by atomic mass is 10.0. The Hall–Kier alpha value is -0.970. The van der Waals surface area contributed by atoms with E-state index >= 15 is 0 Å². The molecule has 1 heterocycles. The summed E-state index contributed by atoms with van der Waals surface area (Å²) in [4.78, 5) is 4.73. The summed E-state index contributed by atoms with van der Waals surface area (Å²) >= 11 is 1.80. The van der Waals surface area contributed by atoms with Gasteiger partial charge in [-0.15, -0.1) is 11.3 Å². The van der Waals surface area contributed by atoms with Gasteiger partial charge < -0.3 is 10.1 Å². The average Bonchev–Trinajstić information content (AvgIpc) is 3.11. The fourth-order valence-electron chi connectivity index (χ4n) is 2.54. The quantitative estimate of drug-likeness (QED) is 0.843. The first-order chi connectivity index (χ1) is 9.72. The fourth-order valence-corrected chi connectivity index (χ4v) is 3.54. The van der Waals surface area contributed by atoms with Gasteiger partial charge in [-0.3, -0.25) is 0 Å². The maximum atomic E-state index is 5.21. The van der Waals surface area contributed by atoms with E-state index in [9.17, 15) is 0 Å². The minimum Gasteiger partial charge on any atom is -0.385 e. The van der Waals surface area contributed by atoms with Gasteiger partial charge in [-0.2, -0.15) is 0 Å². The molecule has 1 N–H and O–H groups in total. The molecule has 108 valence electrons. The van der Waals surface area contributed by atoms with Gasteiger partial charge in [0.05, 0.1) is 16.3 Å². The number of nitrogens with zero attached hydrogens (tertiary/aromatic N) is 1. The number of ether oxygens (including phenoxy) is 1. The SMILES string of the molecule is COCCC1(CNC(C)c2nc3ccccc3s2)CC1. The van der Waals surface area contributed by atoms with Gasteiger partial charge in [0.15, 0.2) is 0 Å².